The van der Waals surface area contributed by atoms with Gasteiger partial charge >= 0.3 is 0 Å². The highest BCUT2D eigenvalue weighted by Crippen LogP contribution is 2.25. The number of carbonyl (C=O) groups is 1. The maximum absolute atomic E-state index is 13.0. The first-order valence-corrected chi connectivity index (χ1v) is 9.96. The molecule has 1 N–H and O–H groups in total. The average molecular weight is 388 g/mol. The summed E-state index contributed by atoms with van der Waals surface area (Å²) in [5.74, 6) is 0.330. The van der Waals surface area contributed by atoms with Crippen molar-refractivity contribution in [3.05, 3.63) is 66.2 Å². The second-order valence-electron chi connectivity index (χ2n) is 5.87. The summed E-state index contributed by atoms with van der Waals surface area (Å²) >= 11 is 0. The molecule has 0 radical (unpaired) electrons. The number of nitrogens with one attached hydrogen (secondary N) is 1. The van der Waals surface area contributed by atoms with E-state index in [-0.39, 0.29) is 10.8 Å². The van der Waals surface area contributed by atoms with E-state index in [9.17, 15) is 13.2 Å². The zero-order valence-electron chi connectivity index (χ0n) is 15.7. The number of benzene rings is 2. The van der Waals surface area contributed by atoms with Gasteiger partial charge in [0.15, 0.2) is 0 Å². The van der Waals surface area contributed by atoms with Crippen molar-refractivity contribution in [2.45, 2.75) is 18.7 Å². The fourth-order valence-corrected chi connectivity index (χ4v) is 3.70. The lowest BCUT2D eigenvalue weighted by Crippen LogP contribution is -2.28. The second kappa shape index (κ2) is 8.73. The number of hydrogen-bond donors (Lipinski definition) is 1. The van der Waals surface area contributed by atoms with Crippen LogP contribution in [0.25, 0.3) is 0 Å². The molecule has 1 amide bonds. The van der Waals surface area contributed by atoms with Crippen molar-refractivity contribution >= 4 is 21.6 Å². The molecule has 0 saturated carbocycles. The first kappa shape index (κ1) is 20.5. The Bertz CT molecular complexity index is 921. The number of hydrogen-bond acceptors (Lipinski definition) is 4. The van der Waals surface area contributed by atoms with Gasteiger partial charge in [0.1, 0.15) is 5.75 Å². The van der Waals surface area contributed by atoms with Crippen LogP contribution in [0.5, 0.6) is 5.75 Å². The van der Waals surface area contributed by atoms with E-state index in [1.807, 2.05) is 6.92 Å². The Morgan fingerprint density at radius 1 is 1.22 bits per heavy atom. The van der Waals surface area contributed by atoms with Crippen molar-refractivity contribution in [3.8, 4) is 5.75 Å². The predicted octanol–water partition coefficient (Wildman–Crippen LogP) is 3.13. The Kier molecular flexibility index (Phi) is 6.63. The zero-order chi connectivity index (χ0) is 20.0. The Morgan fingerprint density at radius 3 is 2.48 bits per heavy atom. The summed E-state index contributed by atoms with van der Waals surface area (Å²) < 4.78 is 32.5. The van der Waals surface area contributed by atoms with Gasteiger partial charge in [-0.1, -0.05) is 12.1 Å². The number of rotatable bonds is 8. The largest absolute Gasteiger partial charge is 0.494 e. The maximum Gasteiger partial charge on any atom is 0.264 e. The third-order valence-electron chi connectivity index (χ3n) is 4.03. The summed E-state index contributed by atoms with van der Waals surface area (Å²) in [6.07, 6.45) is 1.56. The maximum atomic E-state index is 13.0. The molecule has 0 spiro atoms. The molecule has 0 aliphatic heterocycles. The van der Waals surface area contributed by atoms with Gasteiger partial charge in [0.25, 0.3) is 15.9 Å². The first-order valence-electron chi connectivity index (χ1n) is 8.52. The summed E-state index contributed by atoms with van der Waals surface area (Å²) in [5, 5.41) is 2.67. The molecule has 0 unspecified atom stereocenters. The van der Waals surface area contributed by atoms with E-state index < -0.39 is 10.0 Å². The molecule has 0 atom stereocenters. The van der Waals surface area contributed by atoms with Gasteiger partial charge in [-0.2, -0.15) is 0 Å². The normalized spacial score (nSPS) is 10.9. The fourth-order valence-electron chi connectivity index (χ4n) is 2.48. The number of ether oxygens (including phenoxy) is 1. The molecule has 7 heteroatoms. The molecule has 0 fully saturated rings. The van der Waals surface area contributed by atoms with Crippen molar-refractivity contribution < 1.29 is 17.9 Å². The van der Waals surface area contributed by atoms with E-state index in [0.29, 0.717) is 35.7 Å². The zero-order valence-corrected chi connectivity index (χ0v) is 16.5. The van der Waals surface area contributed by atoms with Crippen LogP contribution in [0.15, 0.2) is 60.0 Å². The number of sulfonamides is 1. The van der Waals surface area contributed by atoms with Gasteiger partial charge < -0.3 is 10.1 Å². The van der Waals surface area contributed by atoms with Crippen LogP contribution in [-0.2, 0) is 10.0 Å². The molecule has 144 valence electrons. The topological polar surface area (TPSA) is 75.7 Å². The lowest BCUT2D eigenvalue weighted by molar-refractivity contribution is 0.0957. The monoisotopic (exact) mass is 388 g/mol. The third kappa shape index (κ3) is 4.68. The van der Waals surface area contributed by atoms with Crippen molar-refractivity contribution in [1.82, 2.24) is 5.32 Å². The lowest BCUT2D eigenvalue weighted by Gasteiger charge is -2.20. The van der Waals surface area contributed by atoms with Gasteiger partial charge in [-0.25, -0.2) is 8.42 Å². The van der Waals surface area contributed by atoms with Gasteiger partial charge in [-0.3, -0.25) is 9.10 Å². The quantitative estimate of drug-likeness (QED) is 0.705. The van der Waals surface area contributed by atoms with E-state index >= 15 is 0 Å². The lowest BCUT2D eigenvalue weighted by atomic mass is 10.1. The van der Waals surface area contributed by atoms with E-state index in [0.717, 1.165) is 0 Å². The molecule has 2 rings (SSSR count). The second-order valence-corrected chi connectivity index (χ2v) is 7.84. The molecule has 0 heterocycles. The highest BCUT2D eigenvalue weighted by molar-refractivity contribution is 7.92. The molecular formula is C20H24N2O4S. The van der Waals surface area contributed by atoms with Gasteiger partial charge in [0.05, 0.1) is 17.2 Å². The van der Waals surface area contributed by atoms with Gasteiger partial charge in [0.2, 0.25) is 0 Å². The number of amides is 1. The Morgan fingerprint density at radius 2 is 1.89 bits per heavy atom. The molecule has 0 aromatic heterocycles. The number of anilines is 1. The van der Waals surface area contributed by atoms with Crippen LogP contribution in [0.1, 0.15) is 22.8 Å². The van der Waals surface area contributed by atoms with Crippen molar-refractivity contribution in [2.24, 2.45) is 0 Å². The van der Waals surface area contributed by atoms with E-state index in [1.54, 1.807) is 43.3 Å². The molecule has 0 saturated heterocycles. The Labute approximate surface area is 160 Å². The van der Waals surface area contributed by atoms with Crippen molar-refractivity contribution in [3.63, 3.8) is 0 Å². The van der Waals surface area contributed by atoms with Crippen LogP contribution >= 0.6 is 0 Å². The number of aryl methyl sites for hydroxylation is 1. The van der Waals surface area contributed by atoms with Gasteiger partial charge in [-0.15, -0.1) is 6.58 Å². The van der Waals surface area contributed by atoms with Crippen molar-refractivity contribution in [2.75, 3.05) is 24.5 Å². The fraction of sp³-hybridized carbons (Fsp3) is 0.250. The summed E-state index contributed by atoms with van der Waals surface area (Å²) in [7, 11) is -2.34. The van der Waals surface area contributed by atoms with E-state index in [2.05, 4.69) is 11.9 Å². The van der Waals surface area contributed by atoms with E-state index in [1.165, 1.54) is 23.5 Å². The van der Waals surface area contributed by atoms with Crippen LogP contribution in [-0.4, -0.2) is 34.5 Å². The molecule has 0 aliphatic carbocycles. The molecule has 2 aromatic rings. The Hall–Kier alpha value is -2.80. The Balaban J connectivity index is 2.34. The highest BCUT2D eigenvalue weighted by Gasteiger charge is 2.23. The summed E-state index contributed by atoms with van der Waals surface area (Å²) in [4.78, 5) is 12.3. The van der Waals surface area contributed by atoms with Crippen LogP contribution in [0.4, 0.5) is 5.69 Å². The summed E-state index contributed by atoms with van der Waals surface area (Å²) in [6, 6.07) is 11.3. The molecule has 27 heavy (non-hydrogen) atoms. The minimum absolute atomic E-state index is 0.0493. The summed E-state index contributed by atoms with van der Waals surface area (Å²) in [6.45, 7) is 8.03. The smallest absolute Gasteiger partial charge is 0.264 e. The van der Waals surface area contributed by atoms with Gasteiger partial charge in [-0.05, 0) is 55.8 Å². The minimum atomic E-state index is -3.82. The average Bonchev–Trinajstić information content (AvgIpc) is 2.66. The SMILES string of the molecule is C=CCNC(=O)c1cc(S(=O)(=O)N(C)c2ccc(OCC)cc2)ccc1C. The molecule has 2 aromatic carbocycles. The molecule has 0 aliphatic rings. The molecular weight excluding hydrogens is 364 g/mol. The number of nitrogens with zero attached hydrogens (tertiary/aromatic N) is 1. The van der Waals surface area contributed by atoms with E-state index in [4.69, 9.17) is 4.74 Å². The predicted molar refractivity (Wildman–Crippen MR) is 107 cm³/mol. The van der Waals surface area contributed by atoms with Crippen molar-refractivity contribution in [1.29, 1.82) is 0 Å². The van der Waals surface area contributed by atoms with Crippen LogP contribution in [0, 0.1) is 6.92 Å². The summed E-state index contributed by atoms with van der Waals surface area (Å²) in [5.41, 5.74) is 1.51. The van der Waals surface area contributed by atoms with Crippen LogP contribution < -0.4 is 14.4 Å². The molecule has 0 bridgehead atoms. The van der Waals surface area contributed by atoms with Gasteiger partial charge in [0, 0.05) is 19.2 Å². The molecule has 6 nitrogen and oxygen atoms in total. The van der Waals surface area contributed by atoms with Crippen LogP contribution in [0.3, 0.4) is 0 Å². The van der Waals surface area contributed by atoms with Crippen LogP contribution in [0.2, 0.25) is 0 Å². The third-order valence-corrected chi connectivity index (χ3v) is 5.81. The number of carbonyl (C=O) groups excluding carboxylic acids is 1. The first-order chi connectivity index (χ1) is 12.8. The minimum Gasteiger partial charge on any atom is -0.494 e. The standard InChI is InChI=1S/C20H24N2O4S/c1-5-13-21-20(23)19-14-18(12-7-15(19)3)27(24,25)22(4)16-8-10-17(11-9-16)26-6-2/h5,7-12,14H,1,6,13H2,2-4H3,(H,21,23). The highest BCUT2D eigenvalue weighted by atomic mass is 32.2.